The SMILES string of the molecule is CCC(N)C(n1ncc2ccccc21)C(C)(C)C. The number of nitrogens with two attached hydrogens (primary N) is 1. The van der Waals surface area contributed by atoms with E-state index < -0.39 is 0 Å². The van der Waals surface area contributed by atoms with Gasteiger partial charge in [-0.2, -0.15) is 5.10 Å². The Labute approximate surface area is 109 Å². The number of fused-ring (bicyclic) bond motifs is 1. The van der Waals surface area contributed by atoms with E-state index in [9.17, 15) is 0 Å². The van der Waals surface area contributed by atoms with Crippen LogP contribution in [-0.2, 0) is 0 Å². The minimum absolute atomic E-state index is 0.0875. The maximum Gasteiger partial charge on any atom is 0.0725 e. The summed E-state index contributed by atoms with van der Waals surface area (Å²) in [6.07, 6.45) is 2.88. The number of aromatic nitrogens is 2. The second-order valence-corrected chi connectivity index (χ2v) is 6.03. The van der Waals surface area contributed by atoms with Crippen LogP contribution in [0.4, 0.5) is 0 Å². The minimum Gasteiger partial charge on any atom is -0.326 e. The van der Waals surface area contributed by atoms with E-state index in [-0.39, 0.29) is 17.5 Å². The van der Waals surface area contributed by atoms with Crippen molar-refractivity contribution in [2.24, 2.45) is 11.1 Å². The maximum atomic E-state index is 6.32. The highest BCUT2D eigenvalue weighted by molar-refractivity contribution is 5.78. The Kier molecular flexibility index (Phi) is 3.44. The van der Waals surface area contributed by atoms with E-state index in [2.05, 4.69) is 55.7 Å². The Balaban J connectivity index is 2.55. The van der Waals surface area contributed by atoms with Gasteiger partial charge in [-0.1, -0.05) is 45.9 Å². The fraction of sp³-hybridized carbons (Fsp3) is 0.533. The Morgan fingerprint density at radius 1 is 1.28 bits per heavy atom. The molecule has 3 heteroatoms. The zero-order chi connectivity index (χ0) is 13.3. The Bertz CT molecular complexity index is 522. The molecule has 0 bridgehead atoms. The quantitative estimate of drug-likeness (QED) is 0.901. The first-order chi connectivity index (χ1) is 8.45. The van der Waals surface area contributed by atoms with Crippen LogP contribution in [0.2, 0.25) is 0 Å². The number of hydrogen-bond acceptors (Lipinski definition) is 2. The van der Waals surface area contributed by atoms with Crippen molar-refractivity contribution < 1.29 is 0 Å². The number of nitrogens with zero attached hydrogens (tertiary/aromatic N) is 2. The smallest absolute Gasteiger partial charge is 0.0725 e. The van der Waals surface area contributed by atoms with Crippen molar-refractivity contribution in [3.8, 4) is 0 Å². The van der Waals surface area contributed by atoms with Crippen molar-refractivity contribution in [3.63, 3.8) is 0 Å². The van der Waals surface area contributed by atoms with Crippen LogP contribution >= 0.6 is 0 Å². The zero-order valence-electron chi connectivity index (χ0n) is 11.7. The largest absolute Gasteiger partial charge is 0.326 e. The summed E-state index contributed by atoms with van der Waals surface area (Å²) >= 11 is 0. The monoisotopic (exact) mass is 245 g/mol. The molecule has 0 saturated heterocycles. The van der Waals surface area contributed by atoms with Gasteiger partial charge in [0, 0.05) is 11.4 Å². The summed E-state index contributed by atoms with van der Waals surface area (Å²) in [6.45, 7) is 8.81. The molecule has 2 N–H and O–H groups in total. The molecule has 0 radical (unpaired) electrons. The molecule has 2 aromatic rings. The number of rotatable bonds is 3. The average Bonchev–Trinajstić information content (AvgIpc) is 2.71. The van der Waals surface area contributed by atoms with Gasteiger partial charge in [0.15, 0.2) is 0 Å². The molecule has 0 aliphatic rings. The second-order valence-electron chi connectivity index (χ2n) is 6.03. The van der Waals surface area contributed by atoms with E-state index in [1.165, 1.54) is 10.9 Å². The van der Waals surface area contributed by atoms with Gasteiger partial charge >= 0.3 is 0 Å². The molecule has 0 amide bonds. The van der Waals surface area contributed by atoms with Gasteiger partial charge in [-0.15, -0.1) is 0 Å². The van der Waals surface area contributed by atoms with Crippen molar-refractivity contribution in [2.75, 3.05) is 0 Å². The molecule has 0 aliphatic heterocycles. The lowest BCUT2D eigenvalue weighted by atomic mass is 9.81. The number of para-hydroxylation sites is 1. The van der Waals surface area contributed by atoms with E-state index in [1.54, 1.807) is 0 Å². The summed E-state index contributed by atoms with van der Waals surface area (Å²) in [6, 6.07) is 8.63. The van der Waals surface area contributed by atoms with Crippen LogP contribution in [0.1, 0.15) is 40.2 Å². The first kappa shape index (κ1) is 13.1. The second kappa shape index (κ2) is 4.73. The summed E-state index contributed by atoms with van der Waals surface area (Å²) in [7, 11) is 0. The summed E-state index contributed by atoms with van der Waals surface area (Å²) in [5.41, 5.74) is 7.58. The summed E-state index contributed by atoms with van der Waals surface area (Å²) in [4.78, 5) is 0. The van der Waals surface area contributed by atoms with Crippen LogP contribution in [0, 0.1) is 5.41 Å². The van der Waals surface area contributed by atoms with Gasteiger partial charge in [0.25, 0.3) is 0 Å². The van der Waals surface area contributed by atoms with E-state index in [4.69, 9.17) is 5.73 Å². The van der Waals surface area contributed by atoms with Crippen molar-refractivity contribution in [1.82, 2.24) is 9.78 Å². The maximum absolute atomic E-state index is 6.32. The third-order valence-corrected chi connectivity index (χ3v) is 3.53. The molecule has 18 heavy (non-hydrogen) atoms. The van der Waals surface area contributed by atoms with Crippen LogP contribution in [0.25, 0.3) is 10.9 Å². The molecular formula is C15H23N3. The Hall–Kier alpha value is -1.35. The summed E-state index contributed by atoms with van der Waals surface area (Å²) in [5.74, 6) is 0. The molecule has 1 aromatic carbocycles. The van der Waals surface area contributed by atoms with Crippen molar-refractivity contribution in [2.45, 2.75) is 46.2 Å². The standard InChI is InChI=1S/C15H23N3/c1-5-12(16)14(15(2,3)4)18-13-9-7-6-8-11(13)10-17-18/h6-10,12,14H,5,16H2,1-4H3. The van der Waals surface area contributed by atoms with Gasteiger partial charge in [-0.3, -0.25) is 4.68 Å². The highest BCUT2D eigenvalue weighted by atomic mass is 15.3. The Morgan fingerprint density at radius 2 is 1.94 bits per heavy atom. The highest BCUT2D eigenvalue weighted by Crippen LogP contribution is 2.35. The van der Waals surface area contributed by atoms with E-state index in [0.717, 1.165) is 6.42 Å². The van der Waals surface area contributed by atoms with E-state index in [0.29, 0.717) is 0 Å². The zero-order valence-corrected chi connectivity index (χ0v) is 11.7. The van der Waals surface area contributed by atoms with E-state index >= 15 is 0 Å². The van der Waals surface area contributed by atoms with Crippen LogP contribution in [-0.4, -0.2) is 15.8 Å². The normalized spacial score (nSPS) is 15.8. The fourth-order valence-electron chi connectivity index (χ4n) is 2.63. The van der Waals surface area contributed by atoms with Crippen LogP contribution < -0.4 is 5.73 Å². The first-order valence-electron chi connectivity index (χ1n) is 6.63. The summed E-state index contributed by atoms with van der Waals surface area (Å²) < 4.78 is 2.10. The molecule has 2 atom stereocenters. The lowest BCUT2D eigenvalue weighted by Crippen LogP contribution is -2.40. The minimum atomic E-state index is 0.0875. The third-order valence-electron chi connectivity index (χ3n) is 3.53. The predicted molar refractivity (Wildman–Crippen MR) is 76.5 cm³/mol. The van der Waals surface area contributed by atoms with Crippen molar-refractivity contribution >= 4 is 10.9 Å². The van der Waals surface area contributed by atoms with Gasteiger partial charge in [0.05, 0.1) is 17.8 Å². The molecule has 2 unspecified atom stereocenters. The highest BCUT2D eigenvalue weighted by Gasteiger charge is 2.32. The molecule has 1 aromatic heterocycles. The molecule has 0 spiro atoms. The fourth-order valence-corrected chi connectivity index (χ4v) is 2.63. The molecule has 1 heterocycles. The number of benzene rings is 1. The summed E-state index contributed by atoms with van der Waals surface area (Å²) in [5, 5.41) is 5.74. The van der Waals surface area contributed by atoms with Gasteiger partial charge in [0.1, 0.15) is 0 Å². The van der Waals surface area contributed by atoms with Crippen LogP contribution in [0.5, 0.6) is 0 Å². The van der Waals surface area contributed by atoms with Gasteiger partial charge in [0.2, 0.25) is 0 Å². The Morgan fingerprint density at radius 3 is 2.56 bits per heavy atom. The van der Waals surface area contributed by atoms with Crippen molar-refractivity contribution in [1.29, 1.82) is 0 Å². The lowest BCUT2D eigenvalue weighted by Gasteiger charge is -2.35. The molecule has 0 aliphatic carbocycles. The molecule has 98 valence electrons. The molecule has 2 rings (SSSR count). The molecular weight excluding hydrogens is 222 g/mol. The van der Waals surface area contributed by atoms with Gasteiger partial charge < -0.3 is 5.73 Å². The molecule has 0 saturated carbocycles. The van der Waals surface area contributed by atoms with E-state index in [1.807, 2.05) is 12.3 Å². The van der Waals surface area contributed by atoms with Crippen LogP contribution in [0.15, 0.2) is 30.5 Å². The predicted octanol–water partition coefficient (Wildman–Crippen LogP) is 3.36. The van der Waals surface area contributed by atoms with Crippen LogP contribution in [0.3, 0.4) is 0 Å². The molecule has 0 fully saturated rings. The van der Waals surface area contributed by atoms with Gasteiger partial charge in [-0.05, 0) is 17.9 Å². The lowest BCUT2D eigenvalue weighted by molar-refractivity contribution is 0.191. The third kappa shape index (κ3) is 2.27. The topological polar surface area (TPSA) is 43.8 Å². The molecule has 3 nitrogen and oxygen atoms in total. The van der Waals surface area contributed by atoms with Gasteiger partial charge in [-0.25, -0.2) is 0 Å². The average molecular weight is 245 g/mol. The van der Waals surface area contributed by atoms with Crippen molar-refractivity contribution in [3.05, 3.63) is 30.5 Å². The first-order valence-corrected chi connectivity index (χ1v) is 6.63. The number of hydrogen-bond donors (Lipinski definition) is 1.